The molecule has 3 aliphatic carbocycles. The predicted octanol–water partition coefficient (Wildman–Crippen LogP) is 2.14. The number of carbonyl (C=O) groups excluding carboxylic acids is 2. The molecule has 1 heterocycles. The Balaban J connectivity index is 1.72. The summed E-state index contributed by atoms with van der Waals surface area (Å²) in [6.45, 7) is 6.54. The highest BCUT2D eigenvalue weighted by Gasteiger charge is 2.57. The molecule has 4 rings (SSSR count). The van der Waals surface area contributed by atoms with Crippen molar-refractivity contribution in [1.82, 2.24) is 5.32 Å². The van der Waals surface area contributed by atoms with E-state index in [0.717, 1.165) is 25.7 Å². The zero-order chi connectivity index (χ0) is 16.8. The fourth-order valence-corrected chi connectivity index (χ4v) is 4.84. The lowest BCUT2D eigenvalue weighted by Gasteiger charge is -2.48. The van der Waals surface area contributed by atoms with Gasteiger partial charge in [0.15, 0.2) is 0 Å². The van der Waals surface area contributed by atoms with Gasteiger partial charge in [-0.15, -0.1) is 0 Å². The molecule has 4 aliphatic rings. The predicted molar refractivity (Wildman–Crippen MR) is 85.6 cm³/mol. The van der Waals surface area contributed by atoms with Crippen LogP contribution in [-0.2, 0) is 19.1 Å². The second-order valence-electron chi connectivity index (χ2n) is 7.78. The van der Waals surface area contributed by atoms with Crippen molar-refractivity contribution in [1.29, 1.82) is 0 Å². The third kappa shape index (κ3) is 2.57. The summed E-state index contributed by atoms with van der Waals surface area (Å²) in [5, 5.41) is 3.19. The number of hydrogen-bond donors (Lipinski definition) is 1. The lowest BCUT2D eigenvalue weighted by atomic mass is 9.58. The molecule has 5 heteroatoms. The van der Waals surface area contributed by atoms with Crippen LogP contribution in [0, 0.1) is 29.1 Å². The first-order valence-corrected chi connectivity index (χ1v) is 8.97. The molecule has 2 bridgehead atoms. The van der Waals surface area contributed by atoms with Gasteiger partial charge in [0.1, 0.15) is 6.10 Å². The minimum atomic E-state index is -0.521. The molecule has 0 spiro atoms. The zero-order valence-corrected chi connectivity index (χ0v) is 14.6. The molecule has 7 unspecified atom stereocenters. The van der Waals surface area contributed by atoms with Crippen molar-refractivity contribution in [3.63, 3.8) is 0 Å². The molecule has 1 N–H and O–H groups in total. The van der Waals surface area contributed by atoms with Gasteiger partial charge in [-0.1, -0.05) is 6.92 Å². The topological polar surface area (TPSA) is 64.6 Å². The lowest BCUT2D eigenvalue weighted by Crippen LogP contribution is -2.52. The molecule has 3 saturated carbocycles. The van der Waals surface area contributed by atoms with Gasteiger partial charge in [-0.05, 0) is 52.5 Å². The first-order chi connectivity index (χ1) is 10.9. The number of rotatable bonds is 5. The van der Waals surface area contributed by atoms with Crippen molar-refractivity contribution >= 4 is 11.9 Å². The molecule has 0 aromatic carbocycles. The number of carbonyl (C=O) groups is 2. The van der Waals surface area contributed by atoms with Gasteiger partial charge in [0.2, 0.25) is 0 Å². The number of ether oxygens (including phenoxy) is 2. The zero-order valence-electron chi connectivity index (χ0n) is 14.6. The van der Waals surface area contributed by atoms with E-state index in [1.54, 1.807) is 0 Å². The molecule has 0 radical (unpaired) electrons. The van der Waals surface area contributed by atoms with Crippen LogP contribution in [-0.4, -0.2) is 37.7 Å². The van der Waals surface area contributed by atoms with Crippen molar-refractivity contribution < 1.29 is 19.1 Å². The summed E-state index contributed by atoms with van der Waals surface area (Å²) in [6, 6.07) is 0.0601. The van der Waals surface area contributed by atoms with Gasteiger partial charge in [0.05, 0.1) is 17.9 Å². The quantitative estimate of drug-likeness (QED) is 0.785. The Morgan fingerprint density at radius 1 is 1.43 bits per heavy atom. The maximum Gasteiger partial charge on any atom is 0.313 e. The Bertz CT molecular complexity index is 493. The van der Waals surface area contributed by atoms with E-state index < -0.39 is 5.41 Å². The summed E-state index contributed by atoms with van der Waals surface area (Å²) in [5.41, 5.74) is -0.521. The highest BCUT2D eigenvalue weighted by molar-refractivity contribution is 5.78. The van der Waals surface area contributed by atoms with Crippen molar-refractivity contribution in [3.05, 3.63) is 0 Å². The van der Waals surface area contributed by atoms with Gasteiger partial charge in [-0.3, -0.25) is 9.59 Å². The lowest BCUT2D eigenvalue weighted by molar-refractivity contribution is -0.176. The fourth-order valence-electron chi connectivity index (χ4n) is 4.84. The monoisotopic (exact) mass is 323 g/mol. The second kappa shape index (κ2) is 6.08. The first-order valence-electron chi connectivity index (χ1n) is 8.97. The van der Waals surface area contributed by atoms with E-state index in [9.17, 15) is 9.59 Å². The molecule has 23 heavy (non-hydrogen) atoms. The van der Waals surface area contributed by atoms with Crippen molar-refractivity contribution in [2.45, 2.75) is 58.6 Å². The summed E-state index contributed by atoms with van der Waals surface area (Å²) in [4.78, 5) is 24.8. The number of hydrogen-bond acceptors (Lipinski definition) is 5. The average Bonchev–Trinajstić information content (AvgIpc) is 2.97. The molecule has 130 valence electrons. The molecule has 4 fully saturated rings. The van der Waals surface area contributed by atoms with Crippen molar-refractivity contribution in [2.24, 2.45) is 29.1 Å². The number of esters is 2. The van der Waals surface area contributed by atoms with Crippen LogP contribution in [0.1, 0.15) is 46.5 Å². The molecule has 1 aliphatic heterocycles. The van der Waals surface area contributed by atoms with Crippen molar-refractivity contribution in [2.75, 3.05) is 13.7 Å². The van der Waals surface area contributed by atoms with E-state index in [-0.39, 0.29) is 41.8 Å². The van der Waals surface area contributed by atoms with Gasteiger partial charge < -0.3 is 14.8 Å². The summed E-state index contributed by atoms with van der Waals surface area (Å²) in [5.74, 6) is 0.775. The van der Waals surface area contributed by atoms with Crippen LogP contribution < -0.4 is 5.32 Å². The minimum Gasteiger partial charge on any atom is -0.465 e. The third-order valence-electron chi connectivity index (χ3n) is 6.94. The Hall–Kier alpha value is -1.10. The Morgan fingerprint density at radius 3 is 2.83 bits per heavy atom. The van der Waals surface area contributed by atoms with Crippen LogP contribution in [0.3, 0.4) is 0 Å². The van der Waals surface area contributed by atoms with E-state index in [2.05, 4.69) is 5.32 Å². The van der Waals surface area contributed by atoms with E-state index in [0.29, 0.717) is 12.5 Å². The van der Waals surface area contributed by atoms with Gasteiger partial charge in [-0.25, -0.2) is 0 Å². The van der Waals surface area contributed by atoms with Crippen LogP contribution in [0.2, 0.25) is 0 Å². The second-order valence-corrected chi connectivity index (χ2v) is 7.78. The maximum atomic E-state index is 12.8. The molecule has 0 amide bonds. The summed E-state index contributed by atoms with van der Waals surface area (Å²) in [7, 11) is 1.88. The van der Waals surface area contributed by atoms with E-state index >= 15 is 0 Å². The van der Waals surface area contributed by atoms with Gasteiger partial charge in [0, 0.05) is 17.9 Å². The number of cyclic esters (lactones) is 1. The highest BCUT2D eigenvalue weighted by atomic mass is 16.6. The van der Waals surface area contributed by atoms with Crippen LogP contribution >= 0.6 is 0 Å². The normalized spacial score (nSPS) is 39.3. The third-order valence-corrected chi connectivity index (χ3v) is 6.94. The van der Waals surface area contributed by atoms with Crippen LogP contribution in [0.5, 0.6) is 0 Å². The maximum absolute atomic E-state index is 12.8. The van der Waals surface area contributed by atoms with Crippen LogP contribution in [0.15, 0.2) is 0 Å². The number of fused-ring (bicyclic) bond motifs is 2. The standard InChI is InChI=1S/C18H29NO4/c1-5-18(3,10(2)19-4)17(21)23-14-8-11-6-7-12(14)13-9-22-16(20)15(11)13/h10-15,19H,5-9H2,1-4H3. The summed E-state index contributed by atoms with van der Waals surface area (Å²) in [6.07, 6.45) is 3.62. The SMILES string of the molecule is CCC(C)(C(=O)OC1CC2CCC1C1COC(=O)C21)C(C)NC. The Kier molecular flexibility index (Phi) is 4.43. The largest absolute Gasteiger partial charge is 0.465 e. The minimum absolute atomic E-state index is 0.0309. The highest BCUT2D eigenvalue weighted by Crippen LogP contribution is 2.53. The summed E-state index contributed by atoms with van der Waals surface area (Å²) < 4.78 is 11.3. The van der Waals surface area contributed by atoms with Gasteiger partial charge in [-0.2, -0.15) is 0 Å². The Morgan fingerprint density at radius 2 is 2.17 bits per heavy atom. The first kappa shape index (κ1) is 16.7. The number of nitrogens with one attached hydrogen (secondary N) is 1. The Labute approximate surface area is 138 Å². The molecule has 0 aromatic rings. The summed E-state index contributed by atoms with van der Waals surface area (Å²) >= 11 is 0. The molecule has 0 aromatic heterocycles. The fraction of sp³-hybridized carbons (Fsp3) is 0.889. The van der Waals surface area contributed by atoms with Crippen LogP contribution in [0.25, 0.3) is 0 Å². The van der Waals surface area contributed by atoms with Crippen LogP contribution in [0.4, 0.5) is 0 Å². The van der Waals surface area contributed by atoms with E-state index in [4.69, 9.17) is 9.47 Å². The molecular formula is C18H29NO4. The van der Waals surface area contributed by atoms with E-state index in [1.165, 1.54) is 0 Å². The average molecular weight is 323 g/mol. The molecule has 1 saturated heterocycles. The van der Waals surface area contributed by atoms with Crippen molar-refractivity contribution in [3.8, 4) is 0 Å². The molecule has 5 nitrogen and oxygen atoms in total. The molecular weight excluding hydrogens is 294 g/mol. The van der Waals surface area contributed by atoms with Gasteiger partial charge in [0.25, 0.3) is 0 Å². The van der Waals surface area contributed by atoms with E-state index in [1.807, 2.05) is 27.8 Å². The smallest absolute Gasteiger partial charge is 0.313 e. The molecule has 7 atom stereocenters. The van der Waals surface area contributed by atoms with Gasteiger partial charge >= 0.3 is 11.9 Å².